The number of carbonyl (C=O) groups excluding carboxylic acids is 1. The van der Waals surface area contributed by atoms with Crippen LogP contribution in [0.5, 0.6) is 0 Å². The molecule has 0 bridgehead atoms. The Morgan fingerprint density at radius 3 is 2.80 bits per heavy atom. The molecule has 0 radical (unpaired) electrons. The van der Waals surface area contributed by atoms with Gasteiger partial charge in [0.1, 0.15) is 0 Å². The van der Waals surface area contributed by atoms with E-state index in [1.165, 1.54) is 0 Å². The zero-order valence-corrected chi connectivity index (χ0v) is 6.43. The Bertz CT molecular complexity index is 95.0. The Morgan fingerprint density at radius 1 is 1.60 bits per heavy atom. The van der Waals surface area contributed by atoms with E-state index in [0.717, 1.165) is 0 Å². The van der Waals surface area contributed by atoms with Crippen LogP contribution in [-0.4, -0.2) is 30.2 Å². The van der Waals surface area contributed by atoms with Gasteiger partial charge in [0.15, 0.2) is 0 Å². The van der Waals surface area contributed by atoms with Crippen LogP contribution in [0.2, 0.25) is 0 Å². The van der Waals surface area contributed by atoms with E-state index in [2.05, 4.69) is 4.74 Å². The second-order valence-electron chi connectivity index (χ2n) is 1.74. The molecule has 10 heavy (non-hydrogen) atoms. The summed E-state index contributed by atoms with van der Waals surface area (Å²) >= 11 is 5.32. The fourth-order valence-corrected chi connectivity index (χ4v) is 0.513. The van der Waals surface area contributed by atoms with Gasteiger partial charge in [-0.25, -0.2) is 0 Å². The molecule has 0 heterocycles. The van der Waals surface area contributed by atoms with E-state index >= 15 is 0 Å². The van der Waals surface area contributed by atoms with Crippen molar-refractivity contribution in [3.63, 3.8) is 0 Å². The zero-order valence-electron chi connectivity index (χ0n) is 5.68. The molecule has 0 aliphatic rings. The lowest BCUT2D eigenvalue weighted by Gasteiger charge is -2.00. The highest BCUT2D eigenvalue weighted by atomic mass is 35.5. The number of hydrogen-bond donors (Lipinski definition) is 1. The van der Waals surface area contributed by atoms with Crippen LogP contribution in [0, 0.1) is 0 Å². The molecule has 0 atom stereocenters. The van der Waals surface area contributed by atoms with E-state index in [1.807, 2.05) is 0 Å². The number of esters is 1. The highest BCUT2D eigenvalue weighted by Gasteiger charge is 1.98. The van der Waals surface area contributed by atoms with Gasteiger partial charge in [0.2, 0.25) is 0 Å². The summed E-state index contributed by atoms with van der Waals surface area (Å²) in [6, 6.07) is 0. The topological polar surface area (TPSA) is 46.5 Å². The van der Waals surface area contributed by atoms with E-state index in [-0.39, 0.29) is 19.0 Å². The molecular weight excluding hydrogens is 156 g/mol. The third kappa shape index (κ3) is 5.85. The molecule has 0 fully saturated rings. The Labute approximate surface area is 64.9 Å². The van der Waals surface area contributed by atoms with Gasteiger partial charge in [0, 0.05) is 5.88 Å². The first-order valence-electron chi connectivity index (χ1n) is 3.13. The standard InChI is InChI=1S/C6H11ClO3/c7-3-1-5-10-6(9)2-4-8/h8H,1-5H2. The van der Waals surface area contributed by atoms with Gasteiger partial charge in [-0.1, -0.05) is 0 Å². The molecule has 0 aliphatic heterocycles. The van der Waals surface area contributed by atoms with E-state index < -0.39 is 0 Å². The number of aliphatic hydroxyl groups is 1. The number of carbonyl (C=O) groups is 1. The van der Waals surface area contributed by atoms with Crippen LogP contribution in [0.25, 0.3) is 0 Å². The average molecular weight is 167 g/mol. The minimum atomic E-state index is -0.368. The third-order valence-corrected chi connectivity index (χ3v) is 1.12. The Hall–Kier alpha value is -0.280. The first kappa shape index (κ1) is 9.72. The largest absolute Gasteiger partial charge is 0.466 e. The number of ether oxygens (including phenoxy) is 1. The summed E-state index contributed by atoms with van der Waals surface area (Å²) in [5, 5.41) is 8.27. The summed E-state index contributed by atoms with van der Waals surface area (Å²) in [6.45, 7) is 0.196. The van der Waals surface area contributed by atoms with Crippen molar-refractivity contribution in [1.82, 2.24) is 0 Å². The SMILES string of the molecule is O=C(CCO)OCCCCl. The minimum Gasteiger partial charge on any atom is -0.466 e. The van der Waals surface area contributed by atoms with Crippen LogP contribution >= 0.6 is 11.6 Å². The van der Waals surface area contributed by atoms with E-state index in [0.29, 0.717) is 18.9 Å². The van der Waals surface area contributed by atoms with Crippen LogP contribution in [-0.2, 0) is 9.53 Å². The van der Waals surface area contributed by atoms with Crippen molar-refractivity contribution >= 4 is 17.6 Å². The summed E-state index contributed by atoms with van der Waals surface area (Å²) < 4.78 is 4.64. The Kier molecular flexibility index (Phi) is 6.64. The minimum absolute atomic E-state index is 0.0717. The van der Waals surface area contributed by atoms with Crippen LogP contribution in [0.4, 0.5) is 0 Å². The van der Waals surface area contributed by atoms with Crippen molar-refractivity contribution in [2.24, 2.45) is 0 Å². The van der Waals surface area contributed by atoms with E-state index in [9.17, 15) is 4.79 Å². The van der Waals surface area contributed by atoms with Gasteiger partial charge in [0.25, 0.3) is 0 Å². The summed E-state index contributed by atoms with van der Waals surface area (Å²) in [4.78, 5) is 10.5. The lowest BCUT2D eigenvalue weighted by atomic mass is 10.4. The molecule has 0 saturated carbocycles. The highest BCUT2D eigenvalue weighted by molar-refractivity contribution is 6.17. The predicted octanol–water partition coefficient (Wildman–Crippen LogP) is 0.541. The molecule has 0 aromatic rings. The maximum Gasteiger partial charge on any atom is 0.308 e. The molecule has 0 aromatic heterocycles. The quantitative estimate of drug-likeness (QED) is 0.369. The molecule has 0 aliphatic carbocycles. The molecule has 0 spiro atoms. The smallest absolute Gasteiger partial charge is 0.308 e. The van der Waals surface area contributed by atoms with E-state index in [1.54, 1.807) is 0 Å². The number of rotatable bonds is 5. The molecule has 0 rings (SSSR count). The summed E-state index contributed by atoms with van der Waals surface area (Å²) in [5.41, 5.74) is 0. The number of aliphatic hydroxyl groups excluding tert-OH is 1. The monoisotopic (exact) mass is 166 g/mol. The molecule has 60 valence electrons. The van der Waals surface area contributed by atoms with Gasteiger partial charge >= 0.3 is 5.97 Å². The maximum absolute atomic E-state index is 10.5. The second kappa shape index (κ2) is 6.83. The van der Waals surface area contributed by atoms with Gasteiger partial charge in [0.05, 0.1) is 19.6 Å². The van der Waals surface area contributed by atoms with Gasteiger partial charge in [-0.15, -0.1) is 11.6 Å². The number of hydrogen-bond acceptors (Lipinski definition) is 3. The highest BCUT2D eigenvalue weighted by Crippen LogP contribution is 1.89. The molecule has 4 heteroatoms. The molecule has 0 aromatic carbocycles. The average Bonchev–Trinajstić information content (AvgIpc) is 1.89. The van der Waals surface area contributed by atoms with Crippen molar-refractivity contribution in [2.75, 3.05) is 19.1 Å². The van der Waals surface area contributed by atoms with Crippen molar-refractivity contribution < 1.29 is 14.6 Å². The lowest BCUT2D eigenvalue weighted by Crippen LogP contribution is -2.07. The Balaban J connectivity index is 3.05. The summed E-state index contributed by atoms with van der Waals surface area (Å²) in [5.74, 6) is 0.125. The number of alkyl halides is 1. The molecule has 3 nitrogen and oxygen atoms in total. The van der Waals surface area contributed by atoms with Crippen LogP contribution in [0.15, 0.2) is 0 Å². The van der Waals surface area contributed by atoms with E-state index in [4.69, 9.17) is 16.7 Å². The van der Waals surface area contributed by atoms with Gasteiger partial charge in [-0.05, 0) is 6.42 Å². The normalized spacial score (nSPS) is 9.40. The summed E-state index contributed by atoms with van der Waals surface area (Å²) in [7, 11) is 0. The summed E-state index contributed by atoms with van der Waals surface area (Å²) in [6.07, 6.45) is 0.737. The van der Waals surface area contributed by atoms with Crippen molar-refractivity contribution in [3.05, 3.63) is 0 Å². The van der Waals surface area contributed by atoms with Crippen molar-refractivity contribution in [1.29, 1.82) is 0 Å². The Morgan fingerprint density at radius 2 is 2.30 bits per heavy atom. The van der Waals surface area contributed by atoms with Gasteiger partial charge < -0.3 is 9.84 Å². The van der Waals surface area contributed by atoms with Crippen LogP contribution < -0.4 is 0 Å². The first-order valence-corrected chi connectivity index (χ1v) is 3.67. The zero-order chi connectivity index (χ0) is 7.82. The van der Waals surface area contributed by atoms with Gasteiger partial charge in [-0.3, -0.25) is 4.79 Å². The first-order chi connectivity index (χ1) is 4.81. The molecule has 1 N–H and O–H groups in total. The lowest BCUT2D eigenvalue weighted by molar-refractivity contribution is -0.144. The molecule has 0 amide bonds. The molecule has 0 unspecified atom stereocenters. The van der Waals surface area contributed by atoms with Crippen molar-refractivity contribution in [3.8, 4) is 0 Å². The van der Waals surface area contributed by atoms with Crippen LogP contribution in [0.3, 0.4) is 0 Å². The fourth-order valence-electron chi connectivity index (χ4n) is 0.404. The van der Waals surface area contributed by atoms with Crippen molar-refractivity contribution in [2.45, 2.75) is 12.8 Å². The predicted molar refractivity (Wildman–Crippen MR) is 38.0 cm³/mol. The second-order valence-corrected chi connectivity index (χ2v) is 2.11. The third-order valence-electron chi connectivity index (χ3n) is 0.857. The van der Waals surface area contributed by atoms with Crippen LogP contribution in [0.1, 0.15) is 12.8 Å². The molecule has 0 saturated heterocycles. The number of halogens is 1. The fraction of sp³-hybridized carbons (Fsp3) is 0.833. The maximum atomic E-state index is 10.5. The molecular formula is C6H11ClO3. The van der Waals surface area contributed by atoms with Gasteiger partial charge in [-0.2, -0.15) is 0 Å².